The van der Waals surface area contributed by atoms with Crippen LogP contribution in [0.1, 0.15) is 42.3 Å². The first-order valence-corrected chi connectivity index (χ1v) is 7.46. The summed E-state index contributed by atoms with van der Waals surface area (Å²) in [7, 11) is 0. The highest BCUT2D eigenvalue weighted by Crippen LogP contribution is 2.21. The zero-order valence-corrected chi connectivity index (χ0v) is 13.8. The molecule has 0 bridgehead atoms. The van der Waals surface area contributed by atoms with Crippen molar-refractivity contribution in [1.29, 1.82) is 0 Å². The van der Waals surface area contributed by atoms with E-state index in [1.807, 2.05) is 24.3 Å². The molecule has 0 radical (unpaired) electrons. The van der Waals surface area contributed by atoms with E-state index in [0.29, 0.717) is 5.56 Å². The quantitative estimate of drug-likeness (QED) is 0.529. The third-order valence-electron chi connectivity index (χ3n) is 3.50. The number of rotatable bonds is 4. The normalized spacial score (nSPS) is 11.5. The second-order valence-electron chi connectivity index (χ2n) is 6.38. The van der Waals surface area contributed by atoms with Gasteiger partial charge in [0.05, 0.1) is 11.1 Å². The molecule has 2 rings (SSSR count). The fourth-order valence-electron chi connectivity index (χ4n) is 2.03. The molecule has 1 amide bonds. The van der Waals surface area contributed by atoms with Crippen LogP contribution in [0.15, 0.2) is 53.6 Å². The van der Waals surface area contributed by atoms with E-state index in [4.69, 9.17) is 0 Å². The van der Waals surface area contributed by atoms with E-state index in [9.17, 15) is 14.9 Å². The molecular weight excluding hydrogens is 306 g/mol. The third-order valence-corrected chi connectivity index (χ3v) is 3.50. The average molecular weight is 325 g/mol. The van der Waals surface area contributed by atoms with Gasteiger partial charge in [0.15, 0.2) is 0 Å². The van der Waals surface area contributed by atoms with E-state index in [1.54, 1.807) is 6.21 Å². The van der Waals surface area contributed by atoms with Crippen molar-refractivity contribution in [3.63, 3.8) is 0 Å². The van der Waals surface area contributed by atoms with Crippen LogP contribution in [0.5, 0.6) is 0 Å². The molecule has 1 N–H and O–H groups in total. The van der Waals surface area contributed by atoms with Gasteiger partial charge in [-0.3, -0.25) is 14.9 Å². The van der Waals surface area contributed by atoms with Crippen molar-refractivity contribution in [3.05, 3.63) is 75.3 Å². The molecule has 24 heavy (non-hydrogen) atoms. The van der Waals surface area contributed by atoms with Crippen LogP contribution >= 0.6 is 0 Å². The van der Waals surface area contributed by atoms with Gasteiger partial charge >= 0.3 is 0 Å². The fourth-order valence-corrected chi connectivity index (χ4v) is 2.03. The molecule has 2 aromatic rings. The number of nitro groups is 1. The van der Waals surface area contributed by atoms with Crippen LogP contribution in [-0.4, -0.2) is 17.0 Å². The lowest BCUT2D eigenvalue weighted by Gasteiger charge is -2.18. The fraction of sp³-hybridized carbons (Fsp3) is 0.222. The Bertz CT molecular complexity index is 758. The molecule has 6 heteroatoms. The van der Waals surface area contributed by atoms with E-state index in [1.165, 1.54) is 29.8 Å². The first kappa shape index (κ1) is 17.3. The SMILES string of the molecule is CC(C)(C)c1ccc(/C=N/NC(=O)c2ccc([N+](=O)[O-])cc2)cc1. The molecule has 0 spiro atoms. The number of hydrogen-bond donors (Lipinski definition) is 1. The highest BCUT2D eigenvalue weighted by molar-refractivity contribution is 5.95. The zero-order valence-electron chi connectivity index (χ0n) is 13.8. The molecule has 0 aromatic heterocycles. The van der Waals surface area contributed by atoms with Gasteiger partial charge in [-0.15, -0.1) is 0 Å². The van der Waals surface area contributed by atoms with Crippen molar-refractivity contribution in [1.82, 2.24) is 5.43 Å². The molecule has 2 aromatic carbocycles. The summed E-state index contributed by atoms with van der Waals surface area (Å²) in [5.74, 6) is -0.424. The van der Waals surface area contributed by atoms with Crippen LogP contribution in [0.3, 0.4) is 0 Å². The highest BCUT2D eigenvalue weighted by Gasteiger charge is 2.12. The molecule has 0 saturated carbocycles. The van der Waals surface area contributed by atoms with Gasteiger partial charge < -0.3 is 0 Å². The minimum absolute atomic E-state index is 0.0611. The zero-order chi connectivity index (χ0) is 17.7. The van der Waals surface area contributed by atoms with Crippen LogP contribution in [0.25, 0.3) is 0 Å². The maximum absolute atomic E-state index is 11.9. The van der Waals surface area contributed by atoms with Gasteiger partial charge in [0.1, 0.15) is 0 Å². The Morgan fingerprint density at radius 2 is 1.67 bits per heavy atom. The van der Waals surface area contributed by atoms with E-state index in [-0.39, 0.29) is 11.1 Å². The molecule has 6 nitrogen and oxygen atoms in total. The van der Waals surface area contributed by atoms with Gasteiger partial charge in [-0.05, 0) is 28.7 Å². The van der Waals surface area contributed by atoms with Crippen LogP contribution in [-0.2, 0) is 5.41 Å². The second kappa shape index (κ2) is 7.04. The van der Waals surface area contributed by atoms with Crippen LogP contribution in [0.4, 0.5) is 5.69 Å². The number of hydrazone groups is 1. The summed E-state index contributed by atoms with van der Waals surface area (Å²) >= 11 is 0. The van der Waals surface area contributed by atoms with Crippen molar-refractivity contribution in [2.24, 2.45) is 5.10 Å². The van der Waals surface area contributed by atoms with Crippen molar-refractivity contribution < 1.29 is 9.72 Å². The lowest BCUT2D eigenvalue weighted by Crippen LogP contribution is -2.17. The Morgan fingerprint density at radius 3 is 2.17 bits per heavy atom. The summed E-state index contributed by atoms with van der Waals surface area (Å²) in [5.41, 5.74) is 4.81. The number of nitro benzene ring substituents is 1. The van der Waals surface area contributed by atoms with E-state index in [2.05, 4.69) is 31.3 Å². The molecule has 0 aliphatic carbocycles. The number of carbonyl (C=O) groups is 1. The van der Waals surface area contributed by atoms with Gasteiger partial charge in [-0.25, -0.2) is 5.43 Å². The summed E-state index contributed by atoms with van der Waals surface area (Å²) in [6.07, 6.45) is 1.55. The molecule has 0 aliphatic heterocycles. The van der Waals surface area contributed by atoms with Crippen molar-refractivity contribution in [3.8, 4) is 0 Å². The Kier molecular flexibility index (Phi) is 5.08. The van der Waals surface area contributed by atoms with E-state index < -0.39 is 10.8 Å². The van der Waals surface area contributed by atoms with Crippen LogP contribution in [0.2, 0.25) is 0 Å². The number of nitrogens with zero attached hydrogens (tertiary/aromatic N) is 2. The highest BCUT2D eigenvalue weighted by atomic mass is 16.6. The maximum atomic E-state index is 11.9. The number of nitrogens with one attached hydrogen (secondary N) is 1. The Labute approximate surface area is 140 Å². The molecule has 0 saturated heterocycles. The number of hydrogen-bond acceptors (Lipinski definition) is 4. The molecule has 0 unspecified atom stereocenters. The molecule has 124 valence electrons. The summed E-state index contributed by atoms with van der Waals surface area (Å²) in [6.45, 7) is 6.42. The Balaban J connectivity index is 1.98. The van der Waals surface area contributed by atoms with Crippen LogP contribution in [0, 0.1) is 10.1 Å². The number of benzene rings is 2. The van der Waals surface area contributed by atoms with Gasteiger partial charge in [-0.2, -0.15) is 5.10 Å². The third kappa shape index (κ3) is 4.49. The number of amides is 1. The standard InChI is InChI=1S/C18H19N3O3/c1-18(2,3)15-8-4-13(5-9-15)12-19-20-17(22)14-6-10-16(11-7-14)21(23)24/h4-12H,1-3H3,(H,20,22)/b19-12+. The van der Waals surface area contributed by atoms with Gasteiger partial charge in [0, 0.05) is 17.7 Å². The Hall–Kier alpha value is -3.02. The smallest absolute Gasteiger partial charge is 0.267 e. The van der Waals surface area contributed by atoms with E-state index >= 15 is 0 Å². The lowest BCUT2D eigenvalue weighted by atomic mass is 9.87. The molecule has 0 atom stereocenters. The Morgan fingerprint density at radius 1 is 1.08 bits per heavy atom. The average Bonchev–Trinajstić information content (AvgIpc) is 2.54. The summed E-state index contributed by atoms with van der Waals surface area (Å²) in [5, 5.41) is 14.5. The molecule has 0 aliphatic rings. The number of carbonyl (C=O) groups excluding carboxylic acids is 1. The first-order chi connectivity index (χ1) is 11.3. The topological polar surface area (TPSA) is 84.6 Å². The first-order valence-electron chi connectivity index (χ1n) is 7.46. The lowest BCUT2D eigenvalue weighted by molar-refractivity contribution is -0.384. The minimum atomic E-state index is -0.513. The molecule has 0 heterocycles. The van der Waals surface area contributed by atoms with Gasteiger partial charge in [-0.1, -0.05) is 45.0 Å². The second-order valence-corrected chi connectivity index (χ2v) is 6.38. The largest absolute Gasteiger partial charge is 0.271 e. The van der Waals surface area contributed by atoms with Gasteiger partial charge in [0.2, 0.25) is 0 Å². The monoisotopic (exact) mass is 325 g/mol. The van der Waals surface area contributed by atoms with Gasteiger partial charge in [0.25, 0.3) is 11.6 Å². The van der Waals surface area contributed by atoms with E-state index in [0.717, 1.165) is 5.56 Å². The van der Waals surface area contributed by atoms with Crippen molar-refractivity contribution in [2.45, 2.75) is 26.2 Å². The summed E-state index contributed by atoms with van der Waals surface area (Å²) in [4.78, 5) is 22.0. The maximum Gasteiger partial charge on any atom is 0.271 e. The van der Waals surface area contributed by atoms with Crippen molar-refractivity contribution >= 4 is 17.8 Å². The summed E-state index contributed by atoms with van der Waals surface area (Å²) < 4.78 is 0. The summed E-state index contributed by atoms with van der Waals surface area (Å²) in [6, 6.07) is 13.3. The van der Waals surface area contributed by atoms with Crippen LogP contribution < -0.4 is 5.43 Å². The predicted octanol–water partition coefficient (Wildman–Crippen LogP) is 3.66. The predicted molar refractivity (Wildman–Crippen MR) is 93.3 cm³/mol. The number of non-ortho nitro benzene ring substituents is 1. The minimum Gasteiger partial charge on any atom is -0.267 e. The molecular formula is C18H19N3O3. The molecule has 0 fully saturated rings. The van der Waals surface area contributed by atoms with Crippen molar-refractivity contribution in [2.75, 3.05) is 0 Å².